The summed E-state index contributed by atoms with van der Waals surface area (Å²) in [6.45, 7) is 1.79. The fraction of sp³-hybridized carbons (Fsp3) is 0.294. The van der Waals surface area contributed by atoms with Crippen molar-refractivity contribution in [1.82, 2.24) is 15.2 Å². The number of aromatic nitrogens is 1. The Labute approximate surface area is 161 Å². The van der Waals surface area contributed by atoms with Crippen molar-refractivity contribution in [3.05, 3.63) is 51.3 Å². The Balaban J connectivity index is 1.65. The van der Waals surface area contributed by atoms with Crippen molar-refractivity contribution in [1.29, 1.82) is 0 Å². The van der Waals surface area contributed by atoms with Crippen LogP contribution < -0.4 is 5.32 Å². The van der Waals surface area contributed by atoms with Crippen LogP contribution in [0, 0.1) is 0 Å². The molecule has 2 aromatic rings. The van der Waals surface area contributed by atoms with Crippen LogP contribution in [0.1, 0.15) is 16.7 Å². The van der Waals surface area contributed by atoms with Gasteiger partial charge in [0.25, 0.3) is 0 Å². The second-order valence-electron chi connectivity index (χ2n) is 5.80. The first-order valence-corrected chi connectivity index (χ1v) is 8.97. The maximum Gasteiger partial charge on any atom is 0.178 e. The van der Waals surface area contributed by atoms with Crippen molar-refractivity contribution in [2.24, 2.45) is 0 Å². The molecule has 25 heavy (non-hydrogen) atoms. The predicted octanol–water partition coefficient (Wildman–Crippen LogP) is 3.27. The van der Waals surface area contributed by atoms with Gasteiger partial charge in [0.1, 0.15) is 0 Å². The zero-order valence-electron chi connectivity index (χ0n) is 13.3. The molecule has 0 radical (unpaired) electrons. The lowest BCUT2D eigenvalue weighted by Gasteiger charge is -2.32. The number of nitrogens with zero attached hydrogens (tertiary/aromatic N) is 2. The smallest absolute Gasteiger partial charge is 0.178 e. The Kier molecular flexibility index (Phi) is 5.51. The lowest BCUT2D eigenvalue weighted by molar-refractivity contribution is 0.375. The highest BCUT2D eigenvalue weighted by atomic mass is 35.5. The average Bonchev–Trinajstić information content (AvgIpc) is 2.65. The van der Waals surface area contributed by atoms with Crippen molar-refractivity contribution < 1.29 is 10.2 Å². The van der Waals surface area contributed by atoms with Crippen LogP contribution in [0.15, 0.2) is 24.5 Å². The number of benzene rings is 1. The fourth-order valence-corrected chi connectivity index (χ4v) is 3.67. The Hall–Kier alpha value is -1.76. The largest absolute Gasteiger partial charge is 0.503 e. The van der Waals surface area contributed by atoms with E-state index in [0.29, 0.717) is 36.7 Å². The number of phenolic OH excluding ortho intramolecular Hbond substituents is 2. The summed E-state index contributed by atoms with van der Waals surface area (Å²) in [7, 11) is 0. The maximum atomic E-state index is 9.90. The molecular weight excluding hydrogens is 381 g/mol. The highest BCUT2D eigenvalue weighted by Crippen LogP contribution is 2.46. The highest BCUT2D eigenvalue weighted by Gasteiger charge is 2.27. The van der Waals surface area contributed by atoms with Gasteiger partial charge in [-0.1, -0.05) is 29.3 Å². The van der Waals surface area contributed by atoms with Crippen LogP contribution >= 0.6 is 35.4 Å². The summed E-state index contributed by atoms with van der Waals surface area (Å²) in [6, 6.07) is 3.93. The Morgan fingerprint density at radius 3 is 2.64 bits per heavy atom. The van der Waals surface area contributed by atoms with Gasteiger partial charge in [-0.3, -0.25) is 4.98 Å². The summed E-state index contributed by atoms with van der Waals surface area (Å²) < 4.78 is 0. The molecular formula is C17H17Cl2N3O2S. The van der Waals surface area contributed by atoms with Crippen molar-refractivity contribution in [3.63, 3.8) is 0 Å². The minimum atomic E-state index is -0.386. The molecule has 0 aliphatic carbocycles. The second kappa shape index (κ2) is 7.64. The van der Waals surface area contributed by atoms with Gasteiger partial charge in [0.05, 0.1) is 10.0 Å². The topological polar surface area (TPSA) is 68.6 Å². The van der Waals surface area contributed by atoms with Crippen LogP contribution in [0.2, 0.25) is 10.0 Å². The molecule has 0 saturated carbocycles. The molecule has 0 spiro atoms. The van der Waals surface area contributed by atoms with E-state index in [1.165, 1.54) is 0 Å². The highest BCUT2D eigenvalue weighted by molar-refractivity contribution is 7.80. The minimum Gasteiger partial charge on any atom is -0.503 e. The SMILES string of the molecule is Oc1c(O)c(Cl)c2c(c1Cl)CCN(C(=S)NCCc1cccnc1)C2. The van der Waals surface area contributed by atoms with Crippen LogP contribution in [0.5, 0.6) is 11.5 Å². The van der Waals surface area contributed by atoms with Crippen LogP contribution in [-0.4, -0.2) is 38.3 Å². The van der Waals surface area contributed by atoms with Gasteiger partial charge in [0, 0.05) is 32.0 Å². The zero-order chi connectivity index (χ0) is 18.0. The number of hydrogen-bond donors (Lipinski definition) is 3. The number of nitrogens with one attached hydrogen (secondary N) is 1. The molecule has 0 amide bonds. The quantitative estimate of drug-likeness (QED) is 0.545. The molecule has 5 nitrogen and oxygen atoms in total. The number of fused-ring (bicyclic) bond motifs is 1. The van der Waals surface area contributed by atoms with Crippen molar-refractivity contribution in [3.8, 4) is 11.5 Å². The van der Waals surface area contributed by atoms with Crippen molar-refractivity contribution >= 4 is 40.5 Å². The number of rotatable bonds is 3. The van der Waals surface area contributed by atoms with E-state index >= 15 is 0 Å². The summed E-state index contributed by atoms with van der Waals surface area (Å²) in [6.07, 6.45) is 4.99. The van der Waals surface area contributed by atoms with Gasteiger partial charge in [0.15, 0.2) is 16.6 Å². The maximum absolute atomic E-state index is 9.90. The first-order valence-electron chi connectivity index (χ1n) is 7.81. The van der Waals surface area contributed by atoms with E-state index in [2.05, 4.69) is 10.3 Å². The molecule has 1 aromatic carbocycles. The van der Waals surface area contributed by atoms with Gasteiger partial charge in [-0.05, 0) is 47.8 Å². The van der Waals surface area contributed by atoms with Gasteiger partial charge < -0.3 is 20.4 Å². The van der Waals surface area contributed by atoms with Gasteiger partial charge in [-0.15, -0.1) is 0 Å². The van der Waals surface area contributed by atoms with Crippen LogP contribution in [0.3, 0.4) is 0 Å². The molecule has 1 aliphatic heterocycles. The number of hydrogen-bond acceptors (Lipinski definition) is 4. The van der Waals surface area contributed by atoms with Gasteiger partial charge in [0.2, 0.25) is 0 Å². The standard InChI is InChI=1S/C17H17Cl2N3O2S/c18-13-11-4-7-22(9-12(11)14(19)16(24)15(13)23)17(25)21-6-3-10-2-1-5-20-8-10/h1-2,5,8,23-24H,3-4,6-7,9H2,(H,21,25). The number of aromatic hydroxyl groups is 2. The van der Waals surface area contributed by atoms with Crippen molar-refractivity contribution in [2.45, 2.75) is 19.4 Å². The van der Waals surface area contributed by atoms with Crippen LogP contribution in [-0.2, 0) is 19.4 Å². The Bertz CT molecular complexity index is 802. The molecule has 1 aromatic heterocycles. The molecule has 1 aliphatic rings. The van der Waals surface area contributed by atoms with E-state index in [4.69, 9.17) is 35.4 Å². The van der Waals surface area contributed by atoms with Crippen molar-refractivity contribution in [2.75, 3.05) is 13.1 Å². The first kappa shape index (κ1) is 18.0. The number of pyridine rings is 1. The molecule has 0 saturated heterocycles. The van der Waals surface area contributed by atoms with Gasteiger partial charge in [-0.2, -0.15) is 0 Å². The molecule has 0 atom stereocenters. The van der Waals surface area contributed by atoms with E-state index in [1.807, 2.05) is 23.2 Å². The number of thiocarbonyl (C=S) groups is 1. The summed E-state index contributed by atoms with van der Waals surface area (Å²) in [4.78, 5) is 6.06. The number of halogens is 2. The lowest BCUT2D eigenvalue weighted by atomic mass is 9.98. The molecule has 132 valence electrons. The molecule has 8 heteroatoms. The normalized spacial score (nSPS) is 13.4. The molecule has 0 unspecified atom stereocenters. The number of phenols is 2. The first-order chi connectivity index (χ1) is 12.0. The summed E-state index contributed by atoms with van der Waals surface area (Å²) in [5.74, 6) is -0.751. The second-order valence-corrected chi connectivity index (χ2v) is 6.94. The van der Waals surface area contributed by atoms with E-state index in [0.717, 1.165) is 17.5 Å². The summed E-state index contributed by atoms with van der Waals surface area (Å²) in [5, 5.41) is 23.9. The average molecular weight is 398 g/mol. The van der Waals surface area contributed by atoms with E-state index < -0.39 is 0 Å². The Morgan fingerprint density at radius 2 is 1.96 bits per heavy atom. The summed E-state index contributed by atoms with van der Waals surface area (Å²) in [5.41, 5.74) is 2.60. The monoisotopic (exact) mass is 397 g/mol. The Morgan fingerprint density at radius 1 is 1.24 bits per heavy atom. The zero-order valence-corrected chi connectivity index (χ0v) is 15.6. The van der Waals surface area contributed by atoms with E-state index in [-0.39, 0.29) is 21.5 Å². The third-order valence-electron chi connectivity index (χ3n) is 4.21. The molecule has 3 N–H and O–H groups in total. The van der Waals surface area contributed by atoms with Gasteiger partial charge in [-0.25, -0.2) is 0 Å². The summed E-state index contributed by atoms with van der Waals surface area (Å²) >= 11 is 17.8. The van der Waals surface area contributed by atoms with E-state index in [1.54, 1.807) is 6.20 Å². The third-order valence-corrected chi connectivity index (χ3v) is 5.43. The molecule has 3 rings (SSSR count). The van der Waals surface area contributed by atoms with Gasteiger partial charge >= 0.3 is 0 Å². The molecule has 2 heterocycles. The molecule has 0 fully saturated rings. The predicted molar refractivity (Wildman–Crippen MR) is 102 cm³/mol. The fourth-order valence-electron chi connectivity index (χ4n) is 2.85. The third kappa shape index (κ3) is 3.76. The van der Waals surface area contributed by atoms with Crippen LogP contribution in [0.25, 0.3) is 0 Å². The lowest BCUT2D eigenvalue weighted by Crippen LogP contribution is -2.43. The minimum absolute atomic E-state index is 0.125. The molecule has 0 bridgehead atoms. The van der Waals surface area contributed by atoms with E-state index in [9.17, 15) is 10.2 Å². The van der Waals surface area contributed by atoms with Crippen LogP contribution in [0.4, 0.5) is 0 Å².